The lowest BCUT2D eigenvalue weighted by Gasteiger charge is -2.49. The zero-order valence-electron chi connectivity index (χ0n) is 15.3. The van der Waals surface area contributed by atoms with Crippen molar-refractivity contribution in [3.05, 3.63) is 84.0 Å². The van der Waals surface area contributed by atoms with Gasteiger partial charge in [0.1, 0.15) is 5.66 Å². The maximum Gasteiger partial charge on any atom is 0.223 e. The monoisotopic (exact) mass is 344 g/mol. The number of hydrogen-bond donors (Lipinski definition) is 1. The van der Waals surface area contributed by atoms with E-state index >= 15 is 0 Å². The highest BCUT2D eigenvalue weighted by Crippen LogP contribution is 2.52. The van der Waals surface area contributed by atoms with Gasteiger partial charge in [0.05, 0.1) is 0 Å². The zero-order valence-corrected chi connectivity index (χ0v) is 15.3. The van der Waals surface area contributed by atoms with Gasteiger partial charge in [0, 0.05) is 24.1 Å². The van der Waals surface area contributed by atoms with E-state index < -0.39 is 5.66 Å². The first-order valence-corrected chi connectivity index (χ1v) is 9.14. The minimum atomic E-state index is -0.535. The van der Waals surface area contributed by atoms with E-state index in [2.05, 4.69) is 78.7 Å². The Morgan fingerprint density at radius 2 is 1.73 bits per heavy atom. The SMILES string of the molecule is CC1(C)c2ccccc2N2CCC(=O)N[C@]21/C=C/C=C/c1ccccc1. The Morgan fingerprint density at radius 3 is 2.54 bits per heavy atom. The van der Waals surface area contributed by atoms with Gasteiger partial charge in [-0.05, 0) is 23.3 Å². The van der Waals surface area contributed by atoms with Crippen molar-refractivity contribution in [3.8, 4) is 0 Å². The molecule has 4 rings (SSSR count). The lowest BCUT2D eigenvalue weighted by molar-refractivity contribution is -0.124. The molecule has 3 heteroatoms. The van der Waals surface area contributed by atoms with Crippen LogP contribution in [-0.4, -0.2) is 18.1 Å². The Hall–Kier alpha value is -2.81. The molecule has 1 atom stereocenters. The largest absolute Gasteiger partial charge is 0.344 e. The molecule has 0 radical (unpaired) electrons. The molecule has 1 N–H and O–H groups in total. The average molecular weight is 344 g/mol. The Labute approximate surface area is 155 Å². The van der Waals surface area contributed by atoms with Crippen molar-refractivity contribution >= 4 is 17.7 Å². The highest BCUT2D eigenvalue weighted by molar-refractivity contribution is 5.84. The second-order valence-corrected chi connectivity index (χ2v) is 7.49. The van der Waals surface area contributed by atoms with Gasteiger partial charge in [-0.2, -0.15) is 0 Å². The van der Waals surface area contributed by atoms with Crippen molar-refractivity contribution in [2.24, 2.45) is 0 Å². The molecule has 132 valence electrons. The van der Waals surface area contributed by atoms with Crippen LogP contribution in [0.1, 0.15) is 31.4 Å². The predicted octanol–water partition coefficient (Wildman–Crippen LogP) is 4.27. The van der Waals surface area contributed by atoms with Crippen molar-refractivity contribution in [2.45, 2.75) is 31.3 Å². The van der Waals surface area contributed by atoms with E-state index in [1.165, 1.54) is 11.3 Å². The predicted molar refractivity (Wildman–Crippen MR) is 107 cm³/mol. The smallest absolute Gasteiger partial charge is 0.223 e. The van der Waals surface area contributed by atoms with Crippen LogP contribution in [0.3, 0.4) is 0 Å². The van der Waals surface area contributed by atoms with Crippen LogP contribution < -0.4 is 10.2 Å². The van der Waals surface area contributed by atoms with Crippen molar-refractivity contribution in [3.63, 3.8) is 0 Å². The molecular formula is C23H24N2O. The lowest BCUT2D eigenvalue weighted by atomic mass is 9.74. The fraction of sp³-hybridized carbons (Fsp3) is 0.261. The topological polar surface area (TPSA) is 32.3 Å². The summed E-state index contributed by atoms with van der Waals surface area (Å²) in [4.78, 5) is 14.7. The molecule has 2 aliphatic rings. The number of amides is 1. The minimum absolute atomic E-state index is 0.110. The van der Waals surface area contributed by atoms with Crippen LogP contribution in [0.2, 0.25) is 0 Å². The molecule has 1 fully saturated rings. The first kappa shape index (κ1) is 16.6. The van der Waals surface area contributed by atoms with Gasteiger partial charge in [-0.15, -0.1) is 0 Å². The van der Waals surface area contributed by atoms with Gasteiger partial charge in [-0.1, -0.05) is 80.6 Å². The first-order chi connectivity index (χ1) is 12.5. The van der Waals surface area contributed by atoms with E-state index in [1.807, 2.05) is 24.3 Å². The molecule has 2 heterocycles. The van der Waals surface area contributed by atoms with Crippen molar-refractivity contribution < 1.29 is 4.79 Å². The van der Waals surface area contributed by atoms with Gasteiger partial charge in [-0.25, -0.2) is 0 Å². The number of benzene rings is 2. The molecule has 2 aromatic rings. The molecule has 1 amide bonds. The molecule has 3 nitrogen and oxygen atoms in total. The molecule has 26 heavy (non-hydrogen) atoms. The highest BCUT2D eigenvalue weighted by atomic mass is 16.2. The Morgan fingerprint density at radius 1 is 1.00 bits per heavy atom. The molecule has 0 bridgehead atoms. The van der Waals surface area contributed by atoms with Crippen molar-refractivity contribution in [2.75, 3.05) is 11.4 Å². The third kappa shape index (κ3) is 2.47. The average Bonchev–Trinajstić information content (AvgIpc) is 2.84. The van der Waals surface area contributed by atoms with Crippen molar-refractivity contribution in [1.82, 2.24) is 5.32 Å². The maximum absolute atomic E-state index is 12.3. The fourth-order valence-corrected chi connectivity index (χ4v) is 4.24. The number of allylic oxidation sites excluding steroid dienone is 2. The zero-order chi connectivity index (χ0) is 18.2. The van der Waals surface area contributed by atoms with E-state index in [-0.39, 0.29) is 11.3 Å². The molecule has 0 aromatic heterocycles. The van der Waals surface area contributed by atoms with E-state index in [1.54, 1.807) is 0 Å². The number of para-hydroxylation sites is 1. The standard InChI is InChI=1S/C23H24N2O/c1-22(2)19-13-6-7-14-20(19)25-17-15-21(26)24-23(22,25)16-9-8-12-18-10-4-3-5-11-18/h3-14,16H,15,17H2,1-2H3,(H,24,26)/b12-8+,16-9+/t23-/m1/s1. The van der Waals surface area contributed by atoms with E-state index in [0.29, 0.717) is 6.42 Å². The van der Waals surface area contributed by atoms with E-state index in [0.717, 1.165) is 12.1 Å². The third-order valence-electron chi connectivity index (χ3n) is 5.68. The number of carbonyl (C=O) groups is 1. The minimum Gasteiger partial charge on any atom is -0.344 e. The Balaban J connectivity index is 1.72. The van der Waals surface area contributed by atoms with E-state index in [4.69, 9.17) is 0 Å². The third-order valence-corrected chi connectivity index (χ3v) is 5.68. The number of hydrogen-bond acceptors (Lipinski definition) is 2. The summed E-state index contributed by atoms with van der Waals surface area (Å²) in [5.41, 5.74) is 2.89. The quantitative estimate of drug-likeness (QED) is 0.844. The number of nitrogens with zero attached hydrogens (tertiary/aromatic N) is 1. The normalized spacial score (nSPS) is 23.9. The summed E-state index contributed by atoms with van der Waals surface area (Å²) in [5, 5.41) is 3.29. The maximum atomic E-state index is 12.3. The van der Waals surface area contributed by atoms with Gasteiger partial charge in [0.25, 0.3) is 0 Å². The van der Waals surface area contributed by atoms with Crippen molar-refractivity contribution in [1.29, 1.82) is 0 Å². The molecule has 1 saturated heterocycles. The summed E-state index contributed by atoms with van der Waals surface area (Å²) < 4.78 is 0. The van der Waals surface area contributed by atoms with Gasteiger partial charge >= 0.3 is 0 Å². The van der Waals surface area contributed by atoms with Crippen LogP contribution in [0.4, 0.5) is 5.69 Å². The van der Waals surface area contributed by atoms with Crippen LogP contribution >= 0.6 is 0 Å². The summed E-state index contributed by atoms with van der Waals surface area (Å²) >= 11 is 0. The van der Waals surface area contributed by atoms with Crippen LogP contribution in [0.25, 0.3) is 6.08 Å². The van der Waals surface area contributed by atoms with Gasteiger partial charge < -0.3 is 10.2 Å². The van der Waals surface area contributed by atoms with Crippen LogP contribution in [0.15, 0.2) is 72.8 Å². The first-order valence-electron chi connectivity index (χ1n) is 9.14. The Bertz CT molecular complexity index is 882. The molecule has 0 aliphatic carbocycles. The van der Waals surface area contributed by atoms with Gasteiger partial charge in [0.15, 0.2) is 0 Å². The van der Waals surface area contributed by atoms with Crippen LogP contribution in [0.5, 0.6) is 0 Å². The summed E-state index contributed by atoms with van der Waals surface area (Å²) in [6.07, 6.45) is 8.85. The molecular weight excluding hydrogens is 320 g/mol. The summed E-state index contributed by atoms with van der Waals surface area (Å²) in [5.74, 6) is 0.110. The van der Waals surface area contributed by atoms with Crippen LogP contribution in [-0.2, 0) is 10.2 Å². The molecule has 0 saturated carbocycles. The van der Waals surface area contributed by atoms with Gasteiger partial charge in [-0.3, -0.25) is 4.79 Å². The lowest BCUT2D eigenvalue weighted by Crippen LogP contribution is -2.68. The Kier molecular flexibility index (Phi) is 3.95. The van der Waals surface area contributed by atoms with Crippen LogP contribution in [0, 0.1) is 0 Å². The highest BCUT2D eigenvalue weighted by Gasteiger charge is 2.57. The number of anilines is 1. The number of fused-ring (bicyclic) bond motifs is 3. The molecule has 2 aromatic carbocycles. The fourth-order valence-electron chi connectivity index (χ4n) is 4.24. The van der Waals surface area contributed by atoms with E-state index in [9.17, 15) is 4.79 Å². The summed E-state index contributed by atoms with van der Waals surface area (Å²) in [6, 6.07) is 18.7. The summed E-state index contributed by atoms with van der Waals surface area (Å²) in [7, 11) is 0. The second kappa shape index (κ2) is 6.17. The second-order valence-electron chi connectivity index (χ2n) is 7.49. The van der Waals surface area contributed by atoms with Gasteiger partial charge in [0.2, 0.25) is 5.91 Å². The summed E-state index contributed by atoms with van der Waals surface area (Å²) in [6.45, 7) is 5.16. The molecule has 0 spiro atoms. The molecule has 2 aliphatic heterocycles. The number of rotatable bonds is 3. The number of carbonyl (C=O) groups excluding carboxylic acids is 1. The molecule has 0 unspecified atom stereocenters. The number of nitrogens with one attached hydrogen (secondary N) is 1.